The number of carbonyl (C=O) groups excluding carboxylic acids is 2. The van der Waals surface area contributed by atoms with Crippen LogP contribution in [-0.2, 0) is 11.2 Å². The van der Waals surface area contributed by atoms with E-state index in [1.54, 1.807) is 36.8 Å². The monoisotopic (exact) mass is 504 g/mol. The summed E-state index contributed by atoms with van der Waals surface area (Å²) in [6.45, 7) is 0.238. The minimum atomic E-state index is -0.846. The highest BCUT2D eigenvalue weighted by atomic mass is 32.1. The van der Waals surface area contributed by atoms with Gasteiger partial charge in [-0.25, -0.2) is 0 Å². The largest absolute Gasteiger partial charge is 0.504 e. The Labute approximate surface area is 211 Å². The predicted octanol–water partition coefficient (Wildman–Crippen LogP) is 4.77. The Morgan fingerprint density at radius 1 is 1.11 bits per heavy atom. The van der Waals surface area contributed by atoms with Gasteiger partial charge in [-0.3, -0.25) is 9.59 Å². The highest BCUT2D eigenvalue weighted by Gasteiger charge is 2.44. The number of rotatable bonds is 8. The molecular weight excluding hydrogens is 480 g/mol. The summed E-state index contributed by atoms with van der Waals surface area (Å²) in [5.41, 5.74) is 2.46. The number of phenolic OH excluding ortho intramolecular Hbond substituents is 1. The average molecular weight is 505 g/mol. The van der Waals surface area contributed by atoms with Crippen molar-refractivity contribution in [1.29, 1.82) is 0 Å². The zero-order valence-corrected chi connectivity index (χ0v) is 20.5. The summed E-state index contributed by atoms with van der Waals surface area (Å²) in [5, 5.41) is 23.7. The minimum Gasteiger partial charge on any atom is -0.504 e. The van der Waals surface area contributed by atoms with Gasteiger partial charge in [0.1, 0.15) is 5.75 Å². The Bertz CT molecular complexity index is 1490. The van der Waals surface area contributed by atoms with Gasteiger partial charge in [0.05, 0.1) is 30.7 Å². The van der Waals surface area contributed by atoms with Crippen molar-refractivity contribution in [2.24, 2.45) is 0 Å². The summed E-state index contributed by atoms with van der Waals surface area (Å²) in [5.74, 6) is -0.734. The number of thiophene rings is 1. The maximum Gasteiger partial charge on any atom is 0.290 e. The van der Waals surface area contributed by atoms with Gasteiger partial charge in [-0.05, 0) is 59.3 Å². The molecule has 0 aliphatic carbocycles. The number of H-pyrrole nitrogens is 1. The second-order valence-electron chi connectivity index (χ2n) is 8.38. The van der Waals surface area contributed by atoms with Crippen LogP contribution in [0.1, 0.15) is 26.8 Å². The van der Waals surface area contributed by atoms with Crippen molar-refractivity contribution in [2.75, 3.05) is 20.8 Å². The summed E-state index contributed by atoms with van der Waals surface area (Å²) < 4.78 is 10.6. The molecule has 8 nitrogen and oxygen atoms in total. The molecule has 5 rings (SSSR count). The maximum atomic E-state index is 13.4. The van der Waals surface area contributed by atoms with Crippen molar-refractivity contribution in [3.05, 3.63) is 87.4 Å². The number of ketones is 1. The molecule has 0 spiro atoms. The fourth-order valence-electron chi connectivity index (χ4n) is 4.60. The van der Waals surface area contributed by atoms with E-state index >= 15 is 0 Å². The number of aliphatic hydroxyl groups is 1. The number of methoxy groups -OCH3 is 2. The summed E-state index contributed by atoms with van der Waals surface area (Å²) in [6.07, 6.45) is 2.35. The molecule has 3 N–H and O–H groups in total. The van der Waals surface area contributed by atoms with Crippen LogP contribution in [-0.4, -0.2) is 52.6 Å². The average Bonchev–Trinajstić information content (AvgIpc) is 3.62. The summed E-state index contributed by atoms with van der Waals surface area (Å²) >= 11 is 1.24. The fourth-order valence-corrected chi connectivity index (χ4v) is 5.28. The zero-order chi connectivity index (χ0) is 25.4. The number of aromatic amines is 1. The number of hydrogen-bond acceptors (Lipinski definition) is 7. The number of phenols is 1. The molecule has 0 bridgehead atoms. The number of nitrogens with zero attached hydrogens (tertiary/aromatic N) is 1. The van der Waals surface area contributed by atoms with E-state index in [9.17, 15) is 19.8 Å². The molecule has 1 unspecified atom stereocenters. The second kappa shape index (κ2) is 9.43. The lowest BCUT2D eigenvalue weighted by atomic mass is 9.95. The van der Waals surface area contributed by atoms with Crippen LogP contribution < -0.4 is 9.47 Å². The van der Waals surface area contributed by atoms with Gasteiger partial charge in [0.25, 0.3) is 5.91 Å². The molecule has 1 aliphatic rings. The van der Waals surface area contributed by atoms with E-state index in [0.717, 1.165) is 22.2 Å². The number of ether oxygens (including phenoxy) is 2. The number of benzene rings is 2. The Morgan fingerprint density at radius 3 is 2.67 bits per heavy atom. The third-order valence-corrected chi connectivity index (χ3v) is 7.28. The van der Waals surface area contributed by atoms with Gasteiger partial charge in [-0.2, -0.15) is 0 Å². The van der Waals surface area contributed by atoms with Crippen LogP contribution in [0.2, 0.25) is 0 Å². The highest BCUT2D eigenvalue weighted by molar-refractivity contribution is 7.12. The molecule has 0 fully saturated rings. The molecule has 0 saturated carbocycles. The molecule has 2 aromatic carbocycles. The molecule has 1 aliphatic heterocycles. The van der Waals surface area contributed by atoms with Gasteiger partial charge in [0.15, 0.2) is 17.3 Å². The topological polar surface area (TPSA) is 112 Å². The minimum absolute atomic E-state index is 0.00999. The number of hydrogen-bond donors (Lipinski definition) is 3. The lowest BCUT2D eigenvalue weighted by Gasteiger charge is -2.27. The number of aromatic nitrogens is 1. The first kappa shape index (κ1) is 23.5. The first-order valence-electron chi connectivity index (χ1n) is 11.3. The SMILES string of the molecule is COc1ccc2[nH]cc(CCN3C(=O)C(O)=C(C(=O)c4cccs4)C3c3ccc(O)c(OC)c3)c2c1. The Hall–Kier alpha value is -4.24. The van der Waals surface area contributed by atoms with Crippen LogP contribution in [0.3, 0.4) is 0 Å². The normalized spacial score (nSPS) is 15.7. The van der Waals surface area contributed by atoms with Crippen molar-refractivity contribution in [1.82, 2.24) is 9.88 Å². The smallest absolute Gasteiger partial charge is 0.290 e. The van der Waals surface area contributed by atoms with Crippen LogP contribution in [0.4, 0.5) is 0 Å². The number of carbonyl (C=O) groups is 2. The molecule has 9 heteroatoms. The van der Waals surface area contributed by atoms with Gasteiger partial charge in [0.2, 0.25) is 5.78 Å². The van der Waals surface area contributed by atoms with Crippen molar-refractivity contribution < 1.29 is 29.3 Å². The standard InChI is InChI=1S/C27H24N2O6S/c1-34-17-6-7-19-18(13-17)16(14-28-19)9-10-29-24(15-5-8-20(30)21(12-15)35-2)23(26(32)27(29)33)25(31)22-4-3-11-36-22/h3-8,11-14,24,28,30,32H,9-10H2,1-2H3. The lowest BCUT2D eigenvalue weighted by molar-refractivity contribution is -0.129. The summed E-state index contributed by atoms with van der Waals surface area (Å²) in [4.78, 5) is 31.8. The zero-order valence-electron chi connectivity index (χ0n) is 19.6. The maximum absolute atomic E-state index is 13.4. The quantitative estimate of drug-likeness (QED) is 0.298. The molecule has 3 heterocycles. The Balaban J connectivity index is 1.53. The molecule has 1 amide bonds. The van der Waals surface area contributed by atoms with E-state index in [1.807, 2.05) is 24.4 Å². The van der Waals surface area contributed by atoms with E-state index in [2.05, 4.69) is 4.98 Å². The van der Waals surface area contributed by atoms with E-state index in [1.165, 1.54) is 29.4 Å². The Kier molecular flexibility index (Phi) is 6.15. The van der Waals surface area contributed by atoms with Crippen LogP contribution in [0.15, 0.2) is 71.4 Å². The molecular formula is C27H24N2O6S. The van der Waals surface area contributed by atoms with Gasteiger partial charge < -0.3 is 29.6 Å². The molecule has 2 aromatic heterocycles. The molecule has 1 atom stereocenters. The van der Waals surface area contributed by atoms with Crippen molar-refractivity contribution >= 4 is 33.9 Å². The van der Waals surface area contributed by atoms with Gasteiger partial charge in [-0.1, -0.05) is 12.1 Å². The summed E-state index contributed by atoms with van der Waals surface area (Å²) in [7, 11) is 3.03. The van der Waals surface area contributed by atoms with Crippen LogP contribution >= 0.6 is 11.3 Å². The van der Waals surface area contributed by atoms with Crippen LogP contribution in [0.25, 0.3) is 10.9 Å². The van der Waals surface area contributed by atoms with Crippen molar-refractivity contribution in [3.63, 3.8) is 0 Å². The van der Waals surface area contributed by atoms with E-state index in [-0.39, 0.29) is 23.6 Å². The number of amides is 1. The molecule has 36 heavy (non-hydrogen) atoms. The van der Waals surface area contributed by atoms with E-state index in [4.69, 9.17) is 9.47 Å². The predicted molar refractivity (Wildman–Crippen MR) is 136 cm³/mol. The van der Waals surface area contributed by atoms with Crippen LogP contribution in [0, 0.1) is 0 Å². The van der Waals surface area contributed by atoms with Gasteiger partial charge >= 0.3 is 0 Å². The van der Waals surface area contributed by atoms with Gasteiger partial charge in [0, 0.05) is 23.6 Å². The number of fused-ring (bicyclic) bond motifs is 1. The molecule has 0 saturated heterocycles. The molecule has 4 aromatic rings. The number of aliphatic hydroxyl groups excluding tert-OH is 1. The third kappa shape index (κ3) is 3.97. The number of Topliss-reactive ketones (excluding diaryl/α,β-unsaturated/α-hetero) is 1. The molecule has 184 valence electrons. The van der Waals surface area contributed by atoms with Gasteiger partial charge in [-0.15, -0.1) is 11.3 Å². The number of nitrogens with one attached hydrogen (secondary N) is 1. The summed E-state index contributed by atoms with van der Waals surface area (Å²) in [6, 6.07) is 12.9. The third-order valence-electron chi connectivity index (χ3n) is 6.41. The van der Waals surface area contributed by atoms with E-state index in [0.29, 0.717) is 16.9 Å². The lowest BCUT2D eigenvalue weighted by Crippen LogP contribution is -2.33. The Morgan fingerprint density at radius 2 is 1.94 bits per heavy atom. The second-order valence-corrected chi connectivity index (χ2v) is 9.32. The van der Waals surface area contributed by atoms with E-state index < -0.39 is 23.5 Å². The fraction of sp³-hybridized carbons (Fsp3) is 0.185. The number of aromatic hydroxyl groups is 1. The first-order valence-corrected chi connectivity index (χ1v) is 12.1. The van der Waals surface area contributed by atoms with Crippen molar-refractivity contribution in [2.45, 2.75) is 12.5 Å². The first-order chi connectivity index (χ1) is 17.4. The van der Waals surface area contributed by atoms with Crippen LogP contribution in [0.5, 0.6) is 17.2 Å². The van der Waals surface area contributed by atoms with Crippen molar-refractivity contribution in [3.8, 4) is 17.2 Å². The highest BCUT2D eigenvalue weighted by Crippen LogP contribution is 2.42. The molecule has 0 radical (unpaired) electrons.